The maximum atomic E-state index is 13.6. The van der Waals surface area contributed by atoms with Crippen LogP contribution in [0.2, 0.25) is 5.02 Å². The Kier molecular flexibility index (Phi) is 10.6. The van der Waals surface area contributed by atoms with E-state index in [2.05, 4.69) is 20.1 Å². The van der Waals surface area contributed by atoms with E-state index in [9.17, 15) is 37.5 Å². The molecular weight excluding hydrogens is 815 g/mol. The molecule has 5 aliphatic heterocycles. The van der Waals surface area contributed by atoms with Crippen LogP contribution in [-0.4, -0.2) is 117 Å². The Labute approximate surface area is 355 Å². The lowest BCUT2D eigenvalue weighted by Gasteiger charge is -2.47. The fourth-order valence-electron chi connectivity index (χ4n) is 9.72. The molecule has 7 heterocycles. The molecule has 4 aromatic rings. The van der Waals surface area contributed by atoms with Crippen molar-refractivity contribution in [3.8, 4) is 0 Å². The maximum absolute atomic E-state index is 13.6. The van der Waals surface area contributed by atoms with Gasteiger partial charge in [0.05, 0.1) is 28.0 Å². The first-order valence-corrected chi connectivity index (χ1v) is 21.3. The summed E-state index contributed by atoms with van der Waals surface area (Å²) in [6.45, 7) is 8.89. The van der Waals surface area contributed by atoms with Gasteiger partial charge in [-0.1, -0.05) is 17.7 Å². The van der Waals surface area contributed by atoms with Crippen LogP contribution in [0.15, 0.2) is 54.7 Å². The van der Waals surface area contributed by atoms with Crippen LogP contribution in [-0.2, 0) is 16.7 Å². The van der Waals surface area contributed by atoms with Gasteiger partial charge in [-0.25, -0.2) is 9.78 Å². The predicted molar refractivity (Wildman–Crippen MR) is 220 cm³/mol. The summed E-state index contributed by atoms with van der Waals surface area (Å²) in [7, 11) is 0. The summed E-state index contributed by atoms with van der Waals surface area (Å²) >= 11 is 6.41. The average Bonchev–Trinajstić information content (AvgIpc) is 3.67. The van der Waals surface area contributed by atoms with Crippen LogP contribution in [0.3, 0.4) is 0 Å². The molecule has 0 aliphatic carbocycles. The number of amides is 5. The van der Waals surface area contributed by atoms with Crippen molar-refractivity contribution in [3.05, 3.63) is 82.3 Å². The number of fused-ring (bicyclic) bond motifs is 2. The molecule has 1 atom stereocenters. The van der Waals surface area contributed by atoms with E-state index in [0.717, 1.165) is 100 Å². The summed E-state index contributed by atoms with van der Waals surface area (Å²) < 4.78 is 41.8. The average molecular weight is 862 g/mol. The van der Waals surface area contributed by atoms with Gasteiger partial charge >= 0.3 is 12.2 Å². The zero-order valence-electron chi connectivity index (χ0n) is 33.8. The fourth-order valence-corrected chi connectivity index (χ4v) is 9.94. The number of hydrogen-bond donors (Lipinski definition) is 2. The number of halogens is 4. The van der Waals surface area contributed by atoms with E-state index >= 15 is 0 Å². The second-order valence-corrected chi connectivity index (χ2v) is 17.6. The molecule has 0 bridgehead atoms. The molecule has 14 nitrogen and oxygen atoms in total. The van der Waals surface area contributed by atoms with Crippen LogP contribution in [0.5, 0.6) is 0 Å². The Hall–Kier alpha value is -5.10. The number of pyridine rings is 1. The highest BCUT2D eigenvalue weighted by Gasteiger charge is 2.49. The molecule has 9 rings (SSSR count). The van der Waals surface area contributed by atoms with Gasteiger partial charge in [0.1, 0.15) is 11.4 Å². The van der Waals surface area contributed by atoms with Crippen molar-refractivity contribution in [2.75, 3.05) is 68.7 Å². The Morgan fingerprint density at radius 2 is 1.57 bits per heavy atom. The minimum absolute atomic E-state index is 0.0806. The molecule has 2 aromatic heterocycles. The van der Waals surface area contributed by atoms with Gasteiger partial charge in [-0.05, 0) is 106 Å². The first-order valence-electron chi connectivity index (χ1n) is 20.9. The van der Waals surface area contributed by atoms with Gasteiger partial charge in [0, 0.05) is 74.9 Å². The SMILES string of the molecule is CC1(O)c2cc3nn(C4CCN(CCN5CCC6(CC5)CCN(C(=O)c5ccc(Cl)c(N7CCC(=O)NC7=O)c5)CC6)CC4)cc3cc2N1C(=O)c1cccc(C(F)(F)F)n1. The Bertz CT molecular complexity index is 2400. The first-order chi connectivity index (χ1) is 29.1. The topological polar surface area (TPSA) is 147 Å². The number of piperidine rings is 3. The molecule has 1 unspecified atom stereocenters. The number of hydrogen-bond acceptors (Lipinski definition) is 9. The van der Waals surface area contributed by atoms with Gasteiger partial charge in [0.15, 0.2) is 5.72 Å². The van der Waals surface area contributed by atoms with Crippen molar-refractivity contribution in [1.29, 1.82) is 0 Å². The van der Waals surface area contributed by atoms with Gasteiger partial charge in [-0.15, -0.1) is 0 Å². The smallest absolute Gasteiger partial charge is 0.366 e. The van der Waals surface area contributed by atoms with Crippen molar-refractivity contribution < 1.29 is 37.5 Å². The molecule has 18 heteroatoms. The molecule has 2 N–H and O–H groups in total. The molecule has 4 saturated heterocycles. The number of carbonyl (C=O) groups excluding carboxylic acids is 4. The number of rotatable bonds is 7. The highest BCUT2D eigenvalue weighted by molar-refractivity contribution is 6.34. The van der Waals surface area contributed by atoms with Gasteiger partial charge in [-0.2, -0.15) is 18.3 Å². The van der Waals surface area contributed by atoms with Crippen LogP contribution in [0.1, 0.15) is 90.0 Å². The zero-order valence-corrected chi connectivity index (χ0v) is 34.5. The predicted octanol–water partition coefficient (Wildman–Crippen LogP) is 6.03. The van der Waals surface area contributed by atoms with Crippen LogP contribution in [0, 0.1) is 5.41 Å². The minimum Gasteiger partial charge on any atom is -0.366 e. The van der Waals surface area contributed by atoms with Gasteiger partial charge in [-0.3, -0.25) is 34.2 Å². The summed E-state index contributed by atoms with van der Waals surface area (Å²) in [5.74, 6) is -1.23. The second kappa shape index (κ2) is 15.7. The first kappa shape index (κ1) is 41.3. The number of carbonyl (C=O) groups is 4. The number of nitrogens with one attached hydrogen (secondary N) is 1. The number of alkyl halides is 3. The molecule has 4 fully saturated rings. The zero-order chi connectivity index (χ0) is 42.8. The van der Waals surface area contributed by atoms with Crippen LogP contribution < -0.4 is 15.1 Å². The number of likely N-dealkylation sites (tertiary alicyclic amines) is 3. The molecule has 1 spiro atoms. The van der Waals surface area contributed by atoms with E-state index in [4.69, 9.17) is 16.7 Å². The maximum Gasteiger partial charge on any atom is 0.433 e. The van der Waals surface area contributed by atoms with Crippen molar-refractivity contribution >= 4 is 57.6 Å². The van der Waals surface area contributed by atoms with E-state index in [1.807, 2.05) is 15.8 Å². The van der Waals surface area contributed by atoms with Crippen LogP contribution >= 0.6 is 11.6 Å². The van der Waals surface area contributed by atoms with E-state index in [0.29, 0.717) is 46.1 Å². The van der Waals surface area contributed by atoms with E-state index < -0.39 is 35.2 Å². The molecular formula is C43H47ClF3N9O5. The number of nitrogens with zero attached hydrogens (tertiary/aromatic N) is 8. The van der Waals surface area contributed by atoms with Gasteiger partial charge in [0.25, 0.3) is 11.8 Å². The van der Waals surface area contributed by atoms with E-state index in [1.165, 1.54) is 17.9 Å². The Morgan fingerprint density at radius 3 is 2.26 bits per heavy atom. The molecule has 5 amide bonds. The molecule has 322 valence electrons. The lowest BCUT2D eigenvalue weighted by atomic mass is 9.71. The Morgan fingerprint density at radius 1 is 0.885 bits per heavy atom. The van der Waals surface area contributed by atoms with Crippen LogP contribution in [0.25, 0.3) is 10.9 Å². The Balaban J connectivity index is 0.738. The van der Waals surface area contributed by atoms with Gasteiger partial charge in [0.2, 0.25) is 5.91 Å². The number of imide groups is 1. The third-order valence-corrected chi connectivity index (χ3v) is 13.8. The summed E-state index contributed by atoms with van der Waals surface area (Å²) in [6.07, 6.45) is 3.35. The summed E-state index contributed by atoms with van der Waals surface area (Å²) in [5.41, 5.74) is -0.625. The summed E-state index contributed by atoms with van der Waals surface area (Å²) in [4.78, 5) is 64.0. The standard InChI is InChI=1S/C43H47ClF3N9O5/c1-41(61)30-25-33-28(24-34(30)56(41)39(59)32-3-2-4-36(48-32)43(45,46)47)26-55(50-33)29-7-14-51(15-8-29)21-22-52-17-10-42(11-18-52)12-19-53(20-13-42)38(58)27-5-6-31(44)35(23-27)54-16-9-37(57)49-40(54)60/h2-6,23-26,29,61H,7-22H2,1H3,(H,49,57,60). The lowest BCUT2D eigenvalue weighted by molar-refractivity contribution is -0.141. The quantitative estimate of drug-likeness (QED) is 0.228. The van der Waals surface area contributed by atoms with E-state index in [-0.39, 0.29) is 36.2 Å². The number of anilines is 2. The lowest BCUT2D eigenvalue weighted by Crippen LogP contribution is -2.56. The molecule has 61 heavy (non-hydrogen) atoms. The number of aromatic nitrogens is 3. The third kappa shape index (κ3) is 7.85. The van der Waals surface area contributed by atoms with Crippen molar-refractivity contribution in [3.63, 3.8) is 0 Å². The van der Waals surface area contributed by atoms with Crippen molar-refractivity contribution in [2.24, 2.45) is 5.41 Å². The fraction of sp³-hybridized carbons (Fsp3) is 0.488. The highest BCUT2D eigenvalue weighted by atomic mass is 35.5. The third-order valence-electron chi connectivity index (χ3n) is 13.5. The second-order valence-electron chi connectivity index (χ2n) is 17.2. The minimum atomic E-state index is -4.71. The van der Waals surface area contributed by atoms with Crippen molar-refractivity contribution in [1.82, 2.24) is 34.8 Å². The molecule has 5 aliphatic rings. The monoisotopic (exact) mass is 861 g/mol. The summed E-state index contributed by atoms with van der Waals surface area (Å²) in [5, 5.41) is 19.5. The molecule has 2 aromatic carbocycles. The summed E-state index contributed by atoms with van der Waals surface area (Å²) in [6, 6.07) is 11.3. The number of urea groups is 1. The largest absolute Gasteiger partial charge is 0.433 e. The highest BCUT2D eigenvalue weighted by Crippen LogP contribution is 2.49. The van der Waals surface area contributed by atoms with E-state index in [1.54, 1.807) is 30.3 Å². The molecule has 0 radical (unpaired) electrons. The van der Waals surface area contributed by atoms with Crippen LogP contribution in [0.4, 0.5) is 29.3 Å². The normalized spacial score (nSPS) is 22.7. The number of aliphatic hydroxyl groups is 1. The molecule has 0 saturated carbocycles. The van der Waals surface area contributed by atoms with Gasteiger partial charge < -0.3 is 19.8 Å². The number of benzene rings is 2. The van der Waals surface area contributed by atoms with Crippen molar-refractivity contribution in [2.45, 2.75) is 69.8 Å².